The number of carbonyl (C=O) groups excluding carboxylic acids is 2. The van der Waals surface area contributed by atoms with Crippen molar-refractivity contribution in [3.63, 3.8) is 0 Å². The maximum atomic E-state index is 12.7. The van der Waals surface area contributed by atoms with E-state index in [1.807, 2.05) is 24.3 Å². The summed E-state index contributed by atoms with van der Waals surface area (Å²) in [7, 11) is 1.36. The molecular formula is C35H45NO5. The Morgan fingerprint density at radius 3 is 2.15 bits per heavy atom. The van der Waals surface area contributed by atoms with Crippen LogP contribution >= 0.6 is 0 Å². The van der Waals surface area contributed by atoms with Crippen molar-refractivity contribution in [1.82, 2.24) is 0 Å². The van der Waals surface area contributed by atoms with Gasteiger partial charge in [0.25, 0.3) is 5.91 Å². The molecule has 0 spiro atoms. The second-order valence-corrected chi connectivity index (χ2v) is 10.7. The van der Waals surface area contributed by atoms with Crippen molar-refractivity contribution in [2.75, 3.05) is 7.11 Å². The number of hydrogen-bond donors (Lipinski definition) is 2. The van der Waals surface area contributed by atoms with Gasteiger partial charge in [-0.15, -0.1) is 0 Å². The number of ether oxygens (including phenoxy) is 2. The Labute approximate surface area is 244 Å². The molecule has 3 unspecified atom stereocenters. The topological polar surface area (TPSA) is 98.9 Å². The van der Waals surface area contributed by atoms with Crippen LogP contribution in [0, 0.1) is 0 Å². The molecule has 0 bridgehead atoms. The molecule has 3 aromatic carbocycles. The van der Waals surface area contributed by atoms with E-state index in [9.17, 15) is 14.7 Å². The number of hydrogen-bond acceptors (Lipinski definition) is 5. The minimum absolute atomic E-state index is 0.0558. The molecule has 1 amide bonds. The molecule has 220 valence electrons. The first kappa shape index (κ1) is 32.0. The lowest BCUT2D eigenvalue weighted by molar-refractivity contribution is -0.164. The largest absolute Gasteiger partial charge is 0.467 e. The standard InChI is InChI=1S/C35H45NO5/c1-3-4-5-6-13-24-32(33(37)40-2)41-31(26-35(39,34(36)38)30-21-11-8-12-22-30)23-15-17-27-16-14-20-29(25-27)28-18-9-7-10-19-28/h7-12,14,16,18-22,25,31-32,39H,3-6,13,15,17,23-24,26H2,1-2H3,(H2,36,38). The van der Waals surface area contributed by atoms with Crippen LogP contribution in [0.1, 0.15) is 75.8 Å². The summed E-state index contributed by atoms with van der Waals surface area (Å²) < 4.78 is 11.4. The van der Waals surface area contributed by atoms with Gasteiger partial charge in [-0.25, -0.2) is 4.79 Å². The first-order valence-electron chi connectivity index (χ1n) is 14.8. The molecule has 0 heterocycles. The third-order valence-corrected chi connectivity index (χ3v) is 7.60. The molecule has 0 aliphatic rings. The zero-order valence-electron chi connectivity index (χ0n) is 24.5. The van der Waals surface area contributed by atoms with Crippen molar-refractivity contribution in [3.8, 4) is 11.1 Å². The Balaban J connectivity index is 1.77. The van der Waals surface area contributed by atoms with Crippen LogP contribution in [0.2, 0.25) is 0 Å². The summed E-state index contributed by atoms with van der Waals surface area (Å²) in [5.74, 6) is -1.29. The highest BCUT2D eigenvalue weighted by Gasteiger charge is 2.40. The van der Waals surface area contributed by atoms with Gasteiger partial charge in [0.05, 0.1) is 13.2 Å². The Morgan fingerprint density at radius 1 is 0.829 bits per heavy atom. The fourth-order valence-electron chi connectivity index (χ4n) is 5.23. The van der Waals surface area contributed by atoms with Crippen LogP contribution in [-0.2, 0) is 31.1 Å². The van der Waals surface area contributed by atoms with Gasteiger partial charge in [0, 0.05) is 6.42 Å². The van der Waals surface area contributed by atoms with Crippen LogP contribution in [0.25, 0.3) is 11.1 Å². The molecule has 0 fully saturated rings. The fourth-order valence-corrected chi connectivity index (χ4v) is 5.23. The number of carbonyl (C=O) groups is 2. The van der Waals surface area contributed by atoms with Crippen LogP contribution in [0.5, 0.6) is 0 Å². The number of benzene rings is 3. The lowest BCUT2D eigenvalue weighted by Gasteiger charge is -2.31. The Kier molecular flexibility index (Phi) is 13.1. The van der Waals surface area contributed by atoms with E-state index >= 15 is 0 Å². The van der Waals surface area contributed by atoms with E-state index in [0.717, 1.165) is 56.1 Å². The molecule has 3 N–H and O–H groups in total. The molecule has 6 heteroatoms. The van der Waals surface area contributed by atoms with Crippen LogP contribution in [-0.4, -0.2) is 36.3 Å². The lowest BCUT2D eigenvalue weighted by Crippen LogP contribution is -2.45. The number of esters is 1. The van der Waals surface area contributed by atoms with Crippen molar-refractivity contribution >= 4 is 11.9 Å². The average Bonchev–Trinajstić information content (AvgIpc) is 3.00. The molecule has 0 saturated carbocycles. The van der Waals surface area contributed by atoms with Gasteiger partial charge in [-0.05, 0) is 47.9 Å². The molecular weight excluding hydrogens is 514 g/mol. The maximum absolute atomic E-state index is 12.7. The first-order valence-corrected chi connectivity index (χ1v) is 14.8. The van der Waals surface area contributed by atoms with Gasteiger partial charge in [0.2, 0.25) is 0 Å². The van der Waals surface area contributed by atoms with E-state index in [4.69, 9.17) is 15.2 Å². The molecule has 0 radical (unpaired) electrons. The molecule has 0 aliphatic carbocycles. The number of aryl methyl sites for hydroxylation is 1. The lowest BCUT2D eigenvalue weighted by atomic mass is 9.85. The highest BCUT2D eigenvalue weighted by atomic mass is 16.6. The molecule has 3 aromatic rings. The summed E-state index contributed by atoms with van der Waals surface area (Å²) in [4.78, 5) is 25.3. The third-order valence-electron chi connectivity index (χ3n) is 7.60. The van der Waals surface area contributed by atoms with Gasteiger partial charge in [-0.3, -0.25) is 4.79 Å². The highest BCUT2D eigenvalue weighted by Crippen LogP contribution is 2.31. The van der Waals surface area contributed by atoms with E-state index in [1.165, 1.54) is 12.7 Å². The van der Waals surface area contributed by atoms with E-state index in [2.05, 4.69) is 43.3 Å². The number of nitrogens with two attached hydrogens (primary N) is 1. The summed E-state index contributed by atoms with van der Waals surface area (Å²) in [5.41, 5.74) is 7.72. The summed E-state index contributed by atoms with van der Waals surface area (Å²) >= 11 is 0. The predicted octanol–water partition coefficient (Wildman–Crippen LogP) is 6.73. The molecule has 0 aliphatic heterocycles. The molecule has 3 rings (SSSR count). The van der Waals surface area contributed by atoms with E-state index in [0.29, 0.717) is 18.4 Å². The summed E-state index contributed by atoms with van der Waals surface area (Å²) in [6.07, 6.45) is 6.36. The van der Waals surface area contributed by atoms with Gasteiger partial charge in [-0.2, -0.15) is 0 Å². The van der Waals surface area contributed by atoms with Crippen molar-refractivity contribution in [2.24, 2.45) is 5.73 Å². The number of rotatable bonds is 18. The monoisotopic (exact) mass is 559 g/mol. The quantitative estimate of drug-likeness (QED) is 0.133. The zero-order valence-corrected chi connectivity index (χ0v) is 24.5. The Morgan fingerprint density at radius 2 is 1.49 bits per heavy atom. The number of amides is 1. The van der Waals surface area contributed by atoms with Gasteiger partial charge in [-0.1, -0.05) is 124 Å². The smallest absolute Gasteiger partial charge is 0.334 e. The second-order valence-electron chi connectivity index (χ2n) is 10.7. The SMILES string of the molecule is CCCCCCCC(OC(CCCc1cccc(-c2ccccc2)c1)CC(O)(C(N)=O)c1ccccc1)C(=O)OC. The maximum Gasteiger partial charge on any atom is 0.334 e. The molecule has 3 atom stereocenters. The predicted molar refractivity (Wildman–Crippen MR) is 163 cm³/mol. The van der Waals surface area contributed by atoms with Crippen LogP contribution < -0.4 is 5.73 Å². The van der Waals surface area contributed by atoms with Gasteiger partial charge < -0.3 is 20.3 Å². The first-order chi connectivity index (χ1) is 19.9. The normalized spacial score (nSPS) is 14.1. The minimum Gasteiger partial charge on any atom is -0.467 e. The van der Waals surface area contributed by atoms with Crippen molar-refractivity contribution in [1.29, 1.82) is 0 Å². The van der Waals surface area contributed by atoms with Gasteiger partial charge in [0.15, 0.2) is 11.7 Å². The Hall–Kier alpha value is -3.48. The summed E-state index contributed by atoms with van der Waals surface area (Å²) in [6.45, 7) is 2.16. The number of primary amides is 1. The molecule has 41 heavy (non-hydrogen) atoms. The fraction of sp³-hybridized carbons (Fsp3) is 0.429. The van der Waals surface area contributed by atoms with Crippen molar-refractivity contribution < 1.29 is 24.2 Å². The number of aliphatic hydroxyl groups is 1. The van der Waals surface area contributed by atoms with E-state index < -0.39 is 29.7 Å². The van der Waals surface area contributed by atoms with Crippen LogP contribution in [0.4, 0.5) is 0 Å². The van der Waals surface area contributed by atoms with Gasteiger partial charge in [0.1, 0.15) is 0 Å². The average molecular weight is 560 g/mol. The Bertz CT molecular complexity index is 1200. The number of unbranched alkanes of at least 4 members (excludes halogenated alkanes) is 4. The summed E-state index contributed by atoms with van der Waals surface area (Å²) in [6, 6.07) is 27.4. The van der Waals surface area contributed by atoms with Crippen LogP contribution in [0.15, 0.2) is 84.9 Å². The van der Waals surface area contributed by atoms with Crippen molar-refractivity contribution in [3.05, 3.63) is 96.1 Å². The molecule has 0 saturated heterocycles. The van der Waals surface area contributed by atoms with E-state index in [1.54, 1.807) is 24.3 Å². The molecule has 6 nitrogen and oxygen atoms in total. The minimum atomic E-state index is -1.93. The van der Waals surface area contributed by atoms with Gasteiger partial charge >= 0.3 is 5.97 Å². The zero-order chi connectivity index (χ0) is 29.5. The second kappa shape index (κ2) is 16.7. The molecule has 0 aromatic heterocycles. The third kappa shape index (κ3) is 9.83. The summed E-state index contributed by atoms with van der Waals surface area (Å²) in [5, 5.41) is 11.5. The number of methoxy groups -OCH3 is 1. The van der Waals surface area contributed by atoms with Crippen LogP contribution in [0.3, 0.4) is 0 Å². The van der Waals surface area contributed by atoms with Crippen molar-refractivity contribution in [2.45, 2.75) is 88.9 Å². The van der Waals surface area contributed by atoms with E-state index in [-0.39, 0.29) is 6.42 Å². The highest BCUT2D eigenvalue weighted by molar-refractivity contribution is 5.84.